The van der Waals surface area contributed by atoms with Crippen molar-refractivity contribution in [3.05, 3.63) is 35.7 Å². The van der Waals surface area contributed by atoms with Crippen molar-refractivity contribution in [2.45, 2.75) is 19.6 Å². The maximum atomic E-state index is 12.8. The normalized spacial score (nSPS) is 13.7. The van der Waals surface area contributed by atoms with Gasteiger partial charge in [0.05, 0.1) is 0 Å². The van der Waals surface area contributed by atoms with E-state index in [4.69, 9.17) is 9.47 Å². The summed E-state index contributed by atoms with van der Waals surface area (Å²) in [6.07, 6.45) is -4.60. The smallest absolute Gasteiger partial charge is 0.435 e. The summed E-state index contributed by atoms with van der Waals surface area (Å²) in [5.74, 6) is 0.341. The lowest BCUT2D eigenvalue weighted by molar-refractivity contribution is -0.141. The summed E-state index contributed by atoms with van der Waals surface area (Å²) in [6, 6.07) is 5.51. The number of carbonyl (C=O) groups excluding carboxylic acids is 1. The summed E-state index contributed by atoms with van der Waals surface area (Å²) < 4.78 is 50.1. The van der Waals surface area contributed by atoms with E-state index in [1.165, 1.54) is 0 Å². The number of benzene rings is 1. The molecule has 1 aromatic carbocycles. The SMILES string of the molecule is CCn1nc(C(F)(F)F)cc1C(=O)Nc1ccc2c(c1)OCCO2. The summed E-state index contributed by atoms with van der Waals surface area (Å²) in [4.78, 5) is 12.3. The second kappa shape index (κ2) is 6.06. The van der Waals surface area contributed by atoms with E-state index in [1.54, 1.807) is 25.1 Å². The van der Waals surface area contributed by atoms with Crippen molar-refractivity contribution in [2.24, 2.45) is 0 Å². The Labute approximate surface area is 135 Å². The molecule has 0 bridgehead atoms. The molecule has 0 saturated heterocycles. The Kier molecular flexibility index (Phi) is 4.08. The molecule has 0 radical (unpaired) electrons. The first kappa shape index (κ1) is 16.2. The first-order valence-corrected chi connectivity index (χ1v) is 7.24. The van der Waals surface area contributed by atoms with Gasteiger partial charge in [0.1, 0.15) is 18.9 Å². The Bertz CT molecular complexity index is 771. The van der Waals surface area contributed by atoms with E-state index >= 15 is 0 Å². The highest BCUT2D eigenvalue weighted by atomic mass is 19.4. The predicted molar refractivity (Wildman–Crippen MR) is 78.3 cm³/mol. The average molecular weight is 341 g/mol. The first-order valence-electron chi connectivity index (χ1n) is 7.24. The van der Waals surface area contributed by atoms with E-state index in [9.17, 15) is 18.0 Å². The molecule has 0 spiro atoms. The molecule has 1 N–H and O–H groups in total. The van der Waals surface area contributed by atoms with Crippen molar-refractivity contribution < 1.29 is 27.4 Å². The van der Waals surface area contributed by atoms with Crippen LogP contribution in [0, 0.1) is 0 Å². The Hall–Kier alpha value is -2.71. The first-order chi connectivity index (χ1) is 11.4. The number of ether oxygens (including phenoxy) is 2. The third-order valence-corrected chi connectivity index (χ3v) is 3.40. The third kappa shape index (κ3) is 3.15. The fourth-order valence-electron chi connectivity index (χ4n) is 2.30. The van der Waals surface area contributed by atoms with Crippen LogP contribution in [0.1, 0.15) is 23.1 Å². The molecule has 24 heavy (non-hydrogen) atoms. The van der Waals surface area contributed by atoms with Gasteiger partial charge in [0.2, 0.25) is 0 Å². The number of fused-ring (bicyclic) bond motifs is 1. The van der Waals surface area contributed by atoms with Gasteiger partial charge >= 0.3 is 6.18 Å². The summed E-state index contributed by atoms with van der Waals surface area (Å²) in [7, 11) is 0. The van der Waals surface area contributed by atoms with Crippen LogP contribution >= 0.6 is 0 Å². The molecule has 0 unspecified atom stereocenters. The molecule has 2 heterocycles. The zero-order valence-electron chi connectivity index (χ0n) is 12.7. The van der Waals surface area contributed by atoms with Crippen LogP contribution < -0.4 is 14.8 Å². The largest absolute Gasteiger partial charge is 0.486 e. The Morgan fingerprint density at radius 1 is 1.25 bits per heavy atom. The number of hydrogen-bond donors (Lipinski definition) is 1. The molecule has 128 valence electrons. The number of carbonyl (C=O) groups is 1. The van der Waals surface area contributed by atoms with E-state index in [0.717, 1.165) is 10.7 Å². The number of rotatable bonds is 3. The maximum Gasteiger partial charge on any atom is 0.435 e. The molecule has 0 atom stereocenters. The van der Waals surface area contributed by atoms with Gasteiger partial charge in [-0.2, -0.15) is 18.3 Å². The Morgan fingerprint density at radius 2 is 1.96 bits per heavy atom. The van der Waals surface area contributed by atoms with Crippen LogP contribution in [0.4, 0.5) is 18.9 Å². The predicted octanol–water partition coefficient (Wildman–Crippen LogP) is 2.95. The zero-order valence-corrected chi connectivity index (χ0v) is 12.7. The number of halogens is 3. The van der Waals surface area contributed by atoms with Gasteiger partial charge in [-0.25, -0.2) is 0 Å². The Balaban J connectivity index is 1.83. The lowest BCUT2D eigenvalue weighted by Gasteiger charge is -2.19. The lowest BCUT2D eigenvalue weighted by atomic mass is 10.2. The van der Waals surface area contributed by atoms with Gasteiger partial charge in [-0.1, -0.05) is 0 Å². The van der Waals surface area contributed by atoms with Crippen LogP contribution in [0.5, 0.6) is 11.5 Å². The summed E-state index contributed by atoms with van der Waals surface area (Å²) in [5.41, 5.74) is -0.877. The molecule has 1 aliphatic heterocycles. The van der Waals surface area contributed by atoms with Crippen LogP contribution in [-0.4, -0.2) is 28.9 Å². The molecule has 1 aromatic heterocycles. The number of aryl methyl sites for hydroxylation is 1. The molecule has 0 aliphatic carbocycles. The summed E-state index contributed by atoms with van der Waals surface area (Å²) >= 11 is 0. The second-order valence-electron chi connectivity index (χ2n) is 5.04. The van der Waals surface area contributed by atoms with E-state index < -0.39 is 17.8 Å². The van der Waals surface area contributed by atoms with Crippen LogP contribution in [0.15, 0.2) is 24.3 Å². The minimum Gasteiger partial charge on any atom is -0.486 e. The van der Waals surface area contributed by atoms with E-state index in [2.05, 4.69) is 10.4 Å². The van der Waals surface area contributed by atoms with Crippen molar-refractivity contribution >= 4 is 11.6 Å². The second-order valence-corrected chi connectivity index (χ2v) is 5.04. The highest BCUT2D eigenvalue weighted by Crippen LogP contribution is 2.33. The number of nitrogens with zero attached hydrogens (tertiary/aromatic N) is 2. The topological polar surface area (TPSA) is 65.4 Å². The highest BCUT2D eigenvalue weighted by Gasteiger charge is 2.35. The lowest BCUT2D eigenvalue weighted by Crippen LogP contribution is -2.18. The fraction of sp³-hybridized carbons (Fsp3) is 0.333. The molecule has 0 fully saturated rings. The van der Waals surface area contributed by atoms with Gasteiger partial charge < -0.3 is 14.8 Å². The zero-order chi connectivity index (χ0) is 17.3. The van der Waals surface area contributed by atoms with Crippen LogP contribution in [-0.2, 0) is 12.7 Å². The minimum absolute atomic E-state index is 0.139. The number of anilines is 1. The van der Waals surface area contributed by atoms with Crippen LogP contribution in [0.2, 0.25) is 0 Å². The monoisotopic (exact) mass is 341 g/mol. The molecule has 1 aliphatic rings. The van der Waals surface area contributed by atoms with Gasteiger partial charge in [0.15, 0.2) is 17.2 Å². The van der Waals surface area contributed by atoms with Crippen molar-refractivity contribution in [3.63, 3.8) is 0 Å². The Morgan fingerprint density at radius 3 is 2.62 bits per heavy atom. The molecule has 1 amide bonds. The van der Waals surface area contributed by atoms with E-state index in [0.29, 0.717) is 30.4 Å². The van der Waals surface area contributed by atoms with Gasteiger partial charge in [-0.05, 0) is 19.1 Å². The average Bonchev–Trinajstić information content (AvgIpc) is 2.99. The maximum absolute atomic E-state index is 12.8. The third-order valence-electron chi connectivity index (χ3n) is 3.40. The van der Waals surface area contributed by atoms with Gasteiger partial charge in [0, 0.05) is 24.4 Å². The van der Waals surface area contributed by atoms with Crippen LogP contribution in [0.25, 0.3) is 0 Å². The van der Waals surface area contributed by atoms with Crippen molar-refractivity contribution in [3.8, 4) is 11.5 Å². The number of hydrogen-bond acceptors (Lipinski definition) is 4. The molecule has 6 nitrogen and oxygen atoms in total. The minimum atomic E-state index is -4.60. The molecular weight excluding hydrogens is 327 g/mol. The van der Waals surface area contributed by atoms with E-state index in [1.807, 2.05) is 0 Å². The van der Waals surface area contributed by atoms with Crippen molar-refractivity contribution in [1.82, 2.24) is 9.78 Å². The molecule has 3 rings (SSSR count). The van der Waals surface area contributed by atoms with Crippen molar-refractivity contribution in [1.29, 1.82) is 0 Å². The van der Waals surface area contributed by atoms with Gasteiger partial charge in [0.25, 0.3) is 5.91 Å². The highest BCUT2D eigenvalue weighted by molar-refractivity contribution is 6.03. The van der Waals surface area contributed by atoms with Crippen molar-refractivity contribution in [2.75, 3.05) is 18.5 Å². The fourth-order valence-corrected chi connectivity index (χ4v) is 2.30. The number of alkyl halides is 3. The summed E-state index contributed by atoms with van der Waals surface area (Å²) in [6.45, 7) is 2.57. The molecule has 0 saturated carbocycles. The van der Waals surface area contributed by atoms with Crippen LogP contribution in [0.3, 0.4) is 0 Å². The van der Waals surface area contributed by atoms with Gasteiger partial charge in [-0.3, -0.25) is 9.48 Å². The summed E-state index contributed by atoms with van der Waals surface area (Å²) in [5, 5.41) is 5.96. The quantitative estimate of drug-likeness (QED) is 0.932. The standard InChI is InChI=1S/C15H14F3N3O3/c1-2-21-10(8-13(20-21)15(16,17)18)14(22)19-9-3-4-11-12(7-9)24-6-5-23-11/h3-4,7-8H,2,5-6H2,1H3,(H,19,22). The molecule has 2 aromatic rings. The van der Waals surface area contributed by atoms with E-state index in [-0.39, 0.29) is 12.2 Å². The number of amides is 1. The molecule has 9 heteroatoms. The molecular formula is C15H14F3N3O3. The van der Waals surface area contributed by atoms with Gasteiger partial charge in [-0.15, -0.1) is 0 Å². The number of aromatic nitrogens is 2. The number of nitrogens with one attached hydrogen (secondary N) is 1.